The predicted octanol–water partition coefficient (Wildman–Crippen LogP) is 2.67. The summed E-state index contributed by atoms with van der Waals surface area (Å²) in [5.41, 5.74) is 3.71. The maximum absolute atomic E-state index is 5.16. The van der Waals surface area contributed by atoms with Gasteiger partial charge in [0, 0.05) is 44.0 Å². The number of aryl methyl sites for hydroxylation is 2. The van der Waals surface area contributed by atoms with E-state index in [1.165, 1.54) is 11.1 Å². The second-order valence-electron chi connectivity index (χ2n) is 6.40. The van der Waals surface area contributed by atoms with E-state index in [2.05, 4.69) is 51.0 Å². The third kappa shape index (κ3) is 5.10. The summed E-state index contributed by atoms with van der Waals surface area (Å²) in [5.74, 6) is 1.05. The maximum atomic E-state index is 5.16. The number of anilines is 1. The summed E-state index contributed by atoms with van der Waals surface area (Å²) in [4.78, 5) is 6.89. The lowest BCUT2D eigenvalue weighted by Gasteiger charge is -2.26. The molecule has 0 aliphatic heterocycles. The highest BCUT2D eigenvalue weighted by Crippen LogP contribution is 2.22. The summed E-state index contributed by atoms with van der Waals surface area (Å²) in [6, 6.07) is 2.15. The molecule has 0 bridgehead atoms. The molecule has 4 nitrogen and oxygen atoms in total. The molecule has 0 fully saturated rings. The number of nitrogens with one attached hydrogen (secondary N) is 1. The van der Waals surface area contributed by atoms with Crippen molar-refractivity contribution in [3.63, 3.8) is 0 Å². The molecule has 114 valence electrons. The standard InChI is InChI=1S/C16H29N3O/c1-12-10-13(2)18-15(19(6)8-9-20-7)14(12)11-17-16(3,4)5/h10,17H,8-9,11H2,1-7H3. The van der Waals surface area contributed by atoms with Gasteiger partial charge < -0.3 is 15.0 Å². The summed E-state index contributed by atoms with van der Waals surface area (Å²) in [6.45, 7) is 13.1. The largest absolute Gasteiger partial charge is 0.383 e. The van der Waals surface area contributed by atoms with Gasteiger partial charge >= 0.3 is 0 Å². The average molecular weight is 279 g/mol. The van der Waals surface area contributed by atoms with Crippen LogP contribution in [0.2, 0.25) is 0 Å². The van der Waals surface area contributed by atoms with Crippen LogP contribution in [0.1, 0.15) is 37.6 Å². The van der Waals surface area contributed by atoms with Crippen LogP contribution in [0.4, 0.5) is 5.82 Å². The van der Waals surface area contributed by atoms with Crippen LogP contribution in [0.25, 0.3) is 0 Å². The molecule has 0 aliphatic carbocycles. The van der Waals surface area contributed by atoms with E-state index in [0.29, 0.717) is 6.61 Å². The first-order valence-electron chi connectivity index (χ1n) is 7.17. The molecule has 1 aromatic heterocycles. The number of aromatic nitrogens is 1. The first kappa shape index (κ1) is 16.9. The molecule has 0 aliphatic rings. The molecular formula is C16H29N3O. The first-order chi connectivity index (χ1) is 9.24. The van der Waals surface area contributed by atoms with Gasteiger partial charge in [0.25, 0.3) is 0 Å². The quantitative estimate of drug-likeness (QED) is 0.869. The highest BCUT2D eigenvalue weighted by molar-refractivity contribution is 5.51. The fourth-order valence-corrected chi connectivity index (χ4v) is 2.07. The Balaban J connectivity index is 3.01. The third-order valence-electron chi connectivity index (χ3n) is 3.24. The van der Waals surface area contributed by atoms with Gasteiger partial charge in [-0.1, -0.05) is 0 Å². The number of nitrogens with zero attached hydrogens (tertiary/aromatic N) is 2. The fraction of sp³-hybridized carbons (Fsp3) is 0.688. The summed E-state index contributed by atoms with van der Waals surface area (Å²) in [6.07, 6.45) is 0. The Bertz CT molecular complexity index is 438. The number of rotatable bonds is 6. The highest BCUT2D eigenvalue weighted by Gasteiger charge is 2.16. The first-order valence-corrected chi connectivity index (χ1v) is 7.17. The second kappa shape index (κ2) is 7.04. The zero-order valence-electron chi connectivity index (χ0n) is 14.0. The molecule has 1 heterocycles. The zero-order valence-corrected chi connectivity index (χ0v) is 14.0. The van der Waals surface area contributed by atoms with Crippen molar-refractivity contribution in [3.05, 3.63) is 22.9 Å². The number of pyridine rings is 1. The van der Waals surface area contributed by atoms with E-state index in [0.717, 1.165) is 24.6 Å². The van der Waals surface area contributed by atoms with Crippen LogP contribution in [-0.2, 0) is 11.3 Å². The highest BCUT2D eigenvalue weighted by atomic mass is 16.5. The van der Waals surface area contributed by atoms with E-state index in [9.17, 15) is 0 Å². The van der Waals surface area contributed by atoms with E-state index < -0.39 is 0 Å². The van der Waals surface area contributed by atoms with Gasteiger partial charge in [0.15, 0.2) is 0 Å². The van der Waals surface area contributed by atoms with Gasteiger partial charge in [0.1, 0.15) is 5.82 Å². The topological polar surface area (TPSA) is 37.4 Å². The molecular weight excluding hydrogens is 250 g/mol. The van der Waals surface area contributed by atoms with Crippen LogP contribution < -0.4 is 10.2 Å². The Hall–Kier alpha value is -1.13. The van der Waals surface area contributed by atoms with Gasteiger partial charge in [-0.2, -0.15) is 0 Å². The lowest BCUT2D eigenvalue weighted by Crippen LogP contribution is -2.36. The normalized spacial score (nSPS) is 11.8. The molecule has 1 rings (SSSR count). The van der Waals surface area contributed by atoms with Crippen LogP contribution in [-0.4, -0.2) is 37.8 Å². The molecule has 0 aromatic carbocycles. The van der Waals surface area contributed by atoms with Gasteiger partial charge in [0.05, 0.1) is 6.61 Å². The van der Waals surface area contributed by atoms with Crippen molar-refractivity contribution in [1.29, 1.82) is 0 Å². The Labute approximate surface area is 123 Å². The van der Waals surface area contributed by atoms with Gasteiger partial charge in [-0.15, -0.1) is 0 Å². The number of ether oxygens (including phenoxy) is 1. The summed E-state index contributed by atoms with van der Waals surface area (Å²) in [7, 11) is 3.80. The van der Waals surface area contributed by atoms with Gasteiger partial charge in [-0.3, -0.25) is 0 Å². The molecule has 1 aromatic rings. The van der Waals surface area contributed by atoms with Crippen molar-refractivity contribution < 1.29 is 4.74 Å². The summed E-state index contributed by atoms with van der Waals surface area (Å²) < 4.78 is 5.16. The maximum Gasteiger partial charge on any atom is 0.133 e. The molecule has 0 saturated heterocycles. The van der Waals surface area contributed by atoms with Crippen molar-refractivity contribution in [3.8, 4) is 0 Å². The van der Waals surface area contributed by atoms with Gasteiger partial charge in [-0.25, -0.2) is 4.98 Å². The van der Waals surface area contributed by atoms with Crippen molar-refractivity contribution in [2.75, 3.05) is 32.2 Å². The smallest absolute Gasteiger partial charge is 0.133 e. The molecule has 0 unspecified atom stereocenters. The van der Waals surface area contributed by atoms with E-state index in [1.807, 2.05) is 6.92 Å². The molecule has 0 spiro atoms. The molecule has 20 heavy (non-hydrogen) atoms. The van der Waals surface area contributed by atoms with Gasteiger partial charge in [0.2, 0.25) is 0 Å². The number of likely N-dealkylation sites (N-methyl/N-ethyl adjacent to an activating group) is 1. The van der Waals surface area contributed by atoms with E-state index in [4.69, 9.17) is 9.72 Å². The zero-order chi connectivity index (χ0) is 15.3. The third-order valence-corrected chi connectivity index (χ3v) is 3.24. The predicted molar refractivity (Wildman–Crippen MR) is 85.4 cm³/mol. The molecule has 0 saturated carbocycles. The van der Waals surface area contributed by atoms with Crippen LogP contribution in [0, 0.1) is 13.8 Å². The Kier molecular flexibility index (Phi) is 5.96. The lowest BCUT2D eigenvalue weighted by atomic mass is 10.1. The lowest BCUT2D eigenvalue weighted by molar-refractivity contribution is 0.206. The Morgan fingerprint density at radius 1 is 1.30 bits per heavy atom. The van der Waals surface area contributed by atoms with Crippen LogP contribution in [0.3, 0.4) is 0 Å². The van der Waals surface area contributed by atoms with Gasteiger partial charge in [-0.05, 0) is 46.2 Å². The minimum absolute atomic E-state index is 0.0969. The molecule has 0 amide bonds. The van der Waals surface area contributed by atoms with Crippen molar-refractivity contribution >= 4 is 5.82 Å². The van der Waals surface area contributed by atoms with E-state index >= 15 is 0 Å². The summed E-state index contributed by atoms with van der Waals surface area (Å²) in [5, 5.41) is 3.55. The molecule has 1 N–H and O–H groups in total. The van der Waals surface area contributed by atoms with Crippen molar-refractivity contribution in [2.24, 2.45) is 0 Å². The number of hydrogen-bond acceptors (Lipinski definition) is 4. The molecule has 0 radical (unpaired) electrons. The van der Waals surface area contributed by atoms with Crippen molar-refractivity contribution in [2.45, 2.75) is 46.7 Å². The minimum atomic E-state index is 0.0969. The Morgan fingerprint density at radius 2 is 1.95 bits per heavy atom. The number of methoxy groups -OCH3 is 1. The SMILES string of the molecule is COCCN(C)c1nc(C)cc(C)c1CNC(C)(C)C. The van der Waals surface area contributed by atoms with E-state index in [-0.39, 0.29) is 5.54 Å². The van der Waals surface area contributed by atoms with E-state index in [1.54, 1.807) is 7.11 Å². The summed E-state index contributed by atoms with van der Waals surface area (Å²) >= 11 is 0. The van der Waals surface area contributed by atoms with Crippen LogP contribution in [0.15, 0.2) is 6.07 Å². The average Bonchev–Trinajstić information content (AvgIpc) is 2.32. The monoisotopic (exact) mass is 279 g/mol. The van der Waals surface area contributed by atoms with Crippen molar-refractivity contribution in [1.82, 2.24) is 10.3 Å². The fourth-order valence-electron chi connectivity index (χ4n) is 2.07. The van der Waals surface area contributed by atoms with Crippen LogP contribution >= 0.6 is 0 Å². The Morgan fingerprint density at radius 3 is 2.50 bits per heavy atom. The second-order valence-corrected chi connectivity index (χ2v) is 6.40. The molecule has 0 atom stereocenters. The molecule has 4 heteroatoms. The number of hydrogen-bond donors (Lipinski definition) is 1. The van der Waals surface area contributed by atoms with Crippen LogP contribution in [0.5, 0.6) is 0 Å². The minimum Gasteiger partial charge on any atom is -0.383 e.